The standard InChI is InChI=1S/C21H21BrN6O2/c1-10-17-18(15(8-23)20(24)30-21(17)26-25-10)13-5-6-16(29-4)14(7-13)9-28-12(3)19(22)11(2)27-28/h5-7,18H,9,24H2,1-4H3,(H,25,26)/t18-/m0/s1. The van der Waals surface area contributed by atoms with Gasteiger partial charge in [0.1, 0.15) is 17.4 Å². The zero-order chi connectivity index (χ0) is 21.6. The molecule has 3 N–H and O–H groups in total. The van der Waals surface area contributed by atoms with E-state index in [9.17, 15) is 5.26 Å². The Kier molecular flexibility index (Phi) is 5.03. The number of nitrogens with one attached hydrogen (secondary N) is 1. The Morgan fingerprint density at radius 2 is 2.13 bits per heavy atom. The Labute approximate surface area is 182 Å². The number of rotatable bonds is 4. The van der Waals surface area contributed by atoms with Crippen LogP contribution in [-0.2, 0) is 6.54 Å². The van der Waals surface area contributed by atoms with Crippen molar-refractivity contribution in [3.05, 3.63) is 67.9 Å². The molecule has 1 aromatic carbocycles. The first kappa shape index (κ1) is 20.0. The average Bonchev–Trinajstić information content (AvgIpc) is 3.21. The molecule has 0 bridgehead atoms. The number of fused-ring (bicyclic) bond motifs is 1. The molecule has 3 aromatic rings. The number of halogens is 1. The highest BCUT2D eigenvalue weighted by Crippen LogP contribution is 2.43. The highest BCUT2D eigenvalue weighted by molar-refractivity contribution is 9.10. The quantitative estimate of drug-likeness (QED) is 0.604. The maximum Gasteiger partial charge on any atom is 0.244 e. The Morgan fingerprint density at radius 1 is 1.37 bits per heavy atom. The van der Waals surface area contributed by atoms with E-state index in [1.165, 1.54) is 0 Å². The highest BCUT2D eigenvalue weighted by atomic mass is 79.9. The summed E-state index contributed by atoms with van der Waals surface area (Å²) in [6.45, 7) is 6.39. The zero-order valence-electron chi connectivity index (χ0n) is 17.1. The fourth-order valence-corrected chi connectivity index (χ4v) is 4.11. The van der Waals surface area contributed by atoms with Gasteiger partial charge >= 0.3 is 0 Å². The molecule has 3 heterocycles. The van der Waals surface area contributed by atoms with Crippen molar-refractivity contribution in [2.24, 2.45) is 5.73 Å². The fraction of sp³-hybridized carbons (Fsp3) is 0.286. The second-order valence-electron chi connectivity index (χ2n) is 7.21. The highest BCUT2D eigenvalue weighted by Gasteiger charge is 2.34. The van der Waals surface area contributed by atoms with Gasteiger partial charge in [-0.2, -0.15) is 10.4 Å². The van der Waals surface area contributed by atoms with Crippen molar-refractivity contribution in [2.75, 3.05) is 7.11 Å². The van der Waals surface area contributed by atoms with Gasteiger partial charge in [0.05, 0.1) is 35.4 Å². The van der Waals surface area contributed by atoms with Crippen molar-refractivity contribution in [1.29, 1.82) is 5.26 Å². The van der Waals surface area contributed by atoms with Crippen LogP contribution in [0.4, 0.5) is 0 Å². The van der Waals surface area contributed by atoms with Gasteiger partial charge in [0.2, 0.25) is 11.8 Å². The number of nitrogens with two attached hydrogens (primary N) is 1. The van der Waals surface area contributed by atoms with Crippen molar-refractivity contribution < 1.29 is 9.47 Å². The lowest BCUT2D eigenvalue weighted by Gasteiger charge is -2.24. The third-order valence-corrected chi connectivity index (χ3v) is 6.53. The normalized spacial score (nSPS) is 15.5. The van der Waals surface area contributed by atoms with E-state index in [2.05, 4.69) is 37.3 Å². The van der Waals surface area contributed by atoms with Crippen LogP contribution < -0.4 is 15.2 Å². The van der Waals surface area contributed by atoms with Crippen LogP contribution in [0.5, 0.6) is 11.6 Å². The van der Waals surface area contributed by atoms with Crippen molar-refractivity contribution in [3.63, 3.8) is 0 Å². The van der Waals surface area contributed by atoms with Gasteiger partial charge in [-0.3, -0.25) is 9.78 Å². The summed E-state index contributed by atoms with van der Waals surface area (Å²) in [5, 5.41) is 21.5. The monoisotopic (exact) mass is 468 g/mol. The molecule has 1 aliphatic heterocycles. The van der Waals surface area contributed by atoms with Crippen molar-refractivity contribution in [2.45, 2.75) is 33.2 Å². The van der Waals surface area contributed by atoms with Gasteiger partial charge in [-0.05, 0) is 54.4 Å². The van der Waals surface area contributed by atoms with E-state index in [4.69, 9.17) is 15.2 Å². The van der Waals surface area contributed by atoms with Crippen molar-refractivity contribution in [1.82, 2.24) is 20.0 Å². The second kappa shape index (κ2) is 7.54. The molecule has 9 heteroatoms. The van der Waals surface area contributed by atoms with Gasteiger partial charge in [-0.15, -0.1) is 5.10 Å². The zero-order valence-corrected chi connectivity index (χ0v) is 18.7. The SMILES string of the molecule is COc1ccc([C@H]2C(C#N)=C(N)Oc3n[nH]c(C)c32)cc1Cn1nc(C)c(Br)c1C. The van der Waals surface area contributed by atoms with E-state index in [-0.39, 0.29) is 11.8 Å². The molecule has 0 aliphatic carbocycles. The molecular weight excluding hydrogens is 448 g/mol. The Bertz CT molecular complexity index is 1220. The molecule has 2 aromatic heterocycles. The molecule has 0 radical (unpaired) electrons. The molecule has 0 saturated carbocycles. The van der Waals surface area contributed by atoms with Crippen LogP contribution in [-0.4, -0.2) is 27.1 Å². The number of aryl methyl sites for hydroxylation is 2. The third-order valence-electron chi connectivity index (χ3n) is 5.38. The maximum atomic E-state index is 9.78. The number of ether oxygens (including phenoxy) is 2. The first-order chi connectivity index (χ1) is 14.3. The topological polar surface area (TPSA) is 115 Å². The summed E-state index contributed by atoms with van der Waals surface area (Å²) in [7, 11) is 1.64. The summed E-state index contributed by atoms with van der Waals surface area (Å²) < 4.78 is 14.1. The van der Waals surface area contributed by atoms with Gasteiger partial charge in [0, 0.05) is 16.8 Å². The summed E-state index contributed by atoms with van der Waals surface area (Å²) in [6, 6.07) is 8.08. The van der Waals surface area contributed by atoms with Gasteiger partial charge in [-0.1, -0.05) is 6.07 Å². The lowest BCUT2D eigenvalue weighted by molar-refractivity contribution is 0.378. The van der Waals surface area contributed by atoms with Crippen LogP contribution in [0.1, 0.15) is 39.7 Å². The first-order valence-corrected chi connectivity index (χ1v) is 10.1. The maximum absolute atomic E-state index is 9.78. The predicted octanol–water partition coefficient (Wildman–Crippen LogP) is 3.57. The molecule has 8 nitrogen and oxygen atoms in total. The number of aromatic amines is 1. The summed E-state index contributed by atoms with van der Waals surface area (Å²) >= 11 is 3.58. The van der Waals surface area contributed by atoms with E-state index in [1.807, 2.05) is 43.7 Å². The molecule has 0 saturated heterocycles. The van der Waals surface area contributed by atoms with Crippen molar-refractivity contribution in [3.8, 4) is 17.7 Å². The number of nitriles is 1. The largest absolute Gasteiger partial charge is 0.496 e. The number of hydrogen-bond acceptors (Lipinski definition) is 6. The number of nitrogens with zero attached hydrogens (tertiary/aromatic N) is 4. The molecule has 4 rings (SSSR count). The number of aromatic nitrogens is 4. The van der Waals surface area contributed by atoms with E-state index in [0.29, 0.717) is 18.0 Å². The molecule has 0 spiro atoms. The Balaban J connectivity index is 1.84. The van der Waals surface area contributed by atoms with Crippen LogP contribution in [0.2, 0.25) is 0 Å². The van der Waals surface area contributed by atoms with Crippen LogP contribution in [0, 0.1) is 32.1 Å². The second-order valence-corrected chi connectivity index (χ2v) is 8.00. The Morgan fingerprint density at radius 3 is 2.77 bits per heavy atom. The fourth-order valence-electron chi connectivity index (χ4n) is 3.82. The van der Waals surface area contributed by atoms with Gasteiger partial charge in [-0.25, -0.2) is 0 Å². The molecule has 0 amide bonds. The molecule has 0 fully saturated rings. The van der Waals surface area contributed by atoms with Gasteiger partial charge in [0.15, 0.2) is 0 Å². The minimum Gasteiger partial charge on any atom is -0.496 e. The molecular formula is C21H21BrN6O2. The lowest BCUT2D eigenvalue weighted by atomic mass is 9.83. The molecule has 1 atom stereocenters. The summed E-state index contributed by atoms with van der Waals surface area (Å²) in [6.07, 6.45) is 0. The number of benzene rings is 1. The van der Waals surface area contributed by atoms with Gasteiger partial charge < -0.3 is 15.2 Å². The lowest BCUT2D eigenvalue weighted by Crippen LogP contribution is -2.21. The average molecular weight is 469 g/mol. The van der Waals surface area contributed by atoms with Crippen molar-refractivity contribution >= 4 is 15.9 Å². The number of allylic oxidation sites excluding steroid dienone is 1. The van der Waals surface area contributed by atoms with Crippen LogP contribution in [0.3, 0.4) is 0 Å². The number of methoxy groups -OCH3 is 1. The van der Waals surface area contributed by atoms with E-state index in [1.54, 1.807) is 7.11 Å². The van der Waals surface area contributed by atoms with E-state index < -0.39 is 0 Å². The summed E-state index contributed by atoms with van der Waals surface area (Å²) in [5.41, 5.74) is 11.8. The first-order valence-electron chi connectivity index (χ1n) is 9.34. The van der Waals surface area contributed by atoms with Crippen LogP contribution in [0.15, 0.2) is 34.1 Å². The van der Waals surface area contributed by atoms with Crippen LogP contribution in [0.25, 0.3) is 0 Å². The molecule has 30 heavy (non-hydrogen) atoms. The number of H-pyrrole nitrogens is 1. The molecule has 1 aliphatic rings. The summed E-state index contributed by atoms with van der Waals surface area (Å²) in [5.74, 6) is 0.832. The predicted molar refractivity (Wildman–Crippen MR) is 114 cm³/mol. The Hall–Kier alpha value is -3.25. The minimum absolute atomic E-state index is 0.0707. The van der Waals surface area contributed by atoms with E-state index >= 15 is 0 Å². The van der Waals surface area contributed by atoms with E-state index in [0.717, 1.165) is 44.0 Å². The summed E-state index contributed by atoms with van der Waals surface area (Å²) in [4.78, 5) is 0. The third kappa shape index (κ3) is 3.13. The minimum atomic E-state index is -0.380. The van der Waals surface area contributed by atoms with Crippen LogP contribution >= 0.6 is 15.9 Å². The molecule has 154 valence electrons. The van der Waals surface area contributed by atoms with Gasteiger partial charge in [0.25, 0.3) is 0 Å². The number of hydrogen-bond donors (Lipinski definition) is 2. The smallest absolute Gasteiger partial charge is 0.244 e. The molecule has 0 unspecified atom stereocenters.